The lowest BCUT2D eigenvalue weighted by Gasteiger charge is -2.29. The average molecular weight is 380 g/mol. The maximum atomic E-state index is 12.8. The minimum Gasteiger partial charge on any atom is -0.466 e. The van der Waals surface area contributed by atoms with E-state index in [1.54, 1.807) is 13.0 Å². The second kappa shape index (κ2) is 10.2. The molecule has 0 amide bonds. The maximum absolute atomic E-state index is 12.8. The summed E-state index contributed by atoms with van der Waals surface area (Å²) in [5.41, 5.74) is 7.92. The minimum absolute atomic E-state index is 0. The van der Waals surface area contributed by atoms with Crippen LogP contribution in [-0.2, 0) is 14.3 Å². The van der Waals surface area contributed by atoms with Gasteiger partial charge < -0.3 is 15.2 Å². The molecule has 2 N–H and O–H groups in total. The highest BCUT2D eigenvalue weighted by Gasteiger charge is 2.25. The van der Waals surface area contributed by atoms with Gasteiger partial charge in [0, 0.05) is 17.7 Å². The van der Waals surface area contributed by atoms with Crippen molar-refractivity contribution in [1.82, 2.24) is 0 Å². The van der Waals surface area contributed by atoms with Crippen LogP contribution >= 0.6 is 24.0 Å². The van der Waals surface area contributed by atoms with Crippen LogP contribution in [-0.4, -0.2) is 32.0 Å². The molecule has 136 valence electrons. The van der Waals surface area contributed by atoms with E-state index in [2.05, 4.69) is 0 Å². The number of rotatable bonds is 6. The number of hydrogen-bond acceptors (Lipinski definition) is 4. The first-order valence-corrected chi connectivity index (χ1v) is 8.30. The highest BCUT2D eigenvalue weighted by molar-refractivity contribution is 6.30. The van der Waals surface area contributed by atoms with Gasteiger partial charge in [0.15, 0.2) is 0 Å². The molecule has 0 aliphatic carbocycles. The van der Waals surface area contributed by atoms with Crippen LogP contribution in [0.1, 0.15) is 49.3 Å². The summed E-state index contributed by atoms with van der Waals surface area (Å²) in [5.74, 6) is -0.137. The van der Waals surface area contributed by atoms with Gasteiger partial charge in [-0.15, -0.1) is 12.4 Å². The molecule has 1 fully saturated rings. The number of carbonyl (C=O) groups is 1. The van der Waals surface area contributed by atoms with Gasteiger partial charge in [-0.1, -0.05) is 17.7 Å². The van der Waals surface area contributed by atoms with Crippen molar-refractivity contribution in [3.8, 4) is 0 Å². The monoisotopic (exact) mass is 379 g/mol. The van der Waals surface area contributed by atoms with Gasteiger partial charge in [-0.3, -0.25) is 4.79 Å². The molecule has 24 heavy (non-hydrogen) atoms. The number of nitrogens with two attached hydrogens (primary N) is 1. The van der Waals surface area contributed by atoms with Crippen molar-refractivity contribution < 1.29 is 18.7 Å². The zero-order chi connectivity index (χ0) is 16.8. The second-order valence-corrected chi connectivity index (χ2v) is 6.24. The zero-order valence-electron chi connectivity index (χ0n) is 13.7. The fourth-order valence-electron chi connectivity index (χ4n) is 2.89. The molecule has 1 aromatic rings. The Morgan fingerprint density at radius 1 is 1.50 bits per heavy atom. The van der Waals surface area contributed by atoms with Gasteiger partial charge in [0.05, 0.1) is 19.1 Å². The van der Waals surface area contributed by atoms with Gasteiger partial charge in [0.25, 0.3) is 0 Å². The summed E-state index contributed by atoms with van der Waals surface area (Å²) in [6, 6.07) is 5.14. The smallest absolute Gasteiger partial charge is 0.307 e. The van der Waals surface area contributed by atoms with Crippen molar-refractivity contribution in [1.29, 1.82) is 0 Å². The van der Waals surface area contributed by atoms with E-state index in [0.29, 0.717) is 24.7 Å². The fourth-order valence-corrected chi connectivity index (χ4v) is 3.15. The SMILES string of the molecule is CCOC(=O)C[C@H](N)c1cc(Cl)cc([C@H]2CCO[C@H](CF)C2)c1.Cl. The second-order valence-electron chi connectivity index (χ2n) is 5.80. The number of ether oxygens (including phenoxy) is 2. The summed E-state index contributed by atoms with van der Waals surface area (Å²) in [6.45, 7) is 2.15. The highest BCUT2D eigenvalue weighted by Crippen LogP contribution is 2.33. The standard InChI is InChI=1S/C17H23ClFNO3.ClH/c1-2-22-17(21)9-16(20)13-5-12(6-14(18)7-13)11-3-4-23-15(8-11)10-19;/h5-7,11,15-16H,2-4,8-10,20H2,1H3;1H/t11-,15-,16-;/m0./s1. The molecule has 1 heterocycles. The lowest BCUT2D eigenvalue weighted by Crippen LogP contribution is -2.26. The number of benzene rings is 1. The van der Waals surface area contributed by atoms with Gasteiger partial charge in [0.2, 0.25) is 0 Å². The van der Waals surface area contributed by atoms with Gasteiger partial charge in [0.1, 0.15) is 6.67 Å². The maximum Gasteiger partial charge on any atom is 0.307 e. The molecule has 0 spiro atoms. The number of halogens is 3. The molecule has 1 saturated heterocycles. The van der Waals surface area contributed by atoms with Crippen LogP contribution in [0.15, 0.2) is 18.2 Å². The van der Waals surface area contributed by atoms with Crippen molar-refractivity contribution >= 4 is 30.0 Å². The molecule has 4 nitrogen and oxygen atoms in total. The third kappa shape index (κ3) is 5.88. The van der Waals surface area contributed by atoms with Crippen LogP contribution < -0.4 is 5.73 Å². The van der Waals surface area contributed by atoms with Crippen molar-refractivity contribution in [3.63, 3.8) is 0 Å². The minimum atomic E-state index is -0.480. The lowest BCUT2D eigenvalue weighted by molar-refractivity contribution is -0.143. The first-order chi connectivity index (χ1) is 11.0. The molecular weight excluding hydrogens is 356 g/mol. The molecule has 7 heteroatoms. The molecule has 1 aromatic carbocycles. The van der Waals surface area contributed by atoms with Gasteiger partial charge in [-0.2, -0.15) is 0 Å². The Labute approximate surface area is 153 Å². The summed E-state index contributed by atoms with van der Waals surface area (Å²) < 4.78 is 23.1. The van der Waals surface area contributed by atoms with Gasteiger partial charge in [-0.05, 0) is 48.9 Å². The molecule has 2 rings (SSSR count). The Morgan fingerprint density at radius 3 is 2.92 bits per heavy atom. The zero-order valence-corrected chi connectivity index (χ0v) is 15.2. The van der Waals surface area contributed by atoms with E-state index in [4.69, 9.17) is 26.8 Å². The molecule has 0 saturated carbocycles. The van der Waals surface area contributed by atoms with E-state index in [9.17, 15) is 9.18 Å². The van der Waals surface area contributed by atoms with Crippen LogP contribution in [0, 0.1) is 0 Å². The molecule has 1 aliphatic rings. The van der Waals surface area contributed by atoms with E-state index < -0.39 is 12.7 Å². The van der Waals surface area contributed by atoms with Crippen LogP contribution in [0.4, 0.5) is 4.39 Å². The van der Waals surface area contributed by atoms with Crippen LogP contribution in [0.25, 0.3) is 0 Å². The quantitative estimate of drug-likeness (QED) is 0.760. The average Bonchev–Trinajstić information content (AvgIpc) is 2.54. The Bertz CT molecular complexity index is 545. The molecule has 0 radical (unpaired) electrons. The number of esters is 1. The van der Waals surface area contributed by atoms with E-state index in [1.807, 2.05) is 12.1 Å². The number of carbonyl (C=O) groups excluding carboxylic acids is 1. The molecule has 0 unspecified atom stereocenters. The molecule has 0 aromatic heterocycles. The lowest BCUT2D eigenvalue weighted by atomic mass is 9.87. The topological polar surface area (TPSA) is 61.5 Å². The number of hydrogen-bond donors (Lipinski definition) is 1. The molecule has 3 atom stereocenters. The normalized spacial score (nSPS) is 21.7. The van der Waals surface area contributed by atoms with E-state index in [1.165, 1.54) is 0 Å². The predicted octanol–water partition coefficient (Wildman–Crippen LogP) is 3.95. The van der Waals surface area contributed by atoms with Crippen molar-refractivity contribution in [2.75, 3.05) is 19.9 Å². The molecular formula is C17H24Cl2FNO3. The van der Waals surface area contributed by atoms with Crippen LogP contribution in [0.5, 0.6) is 0 Å². The molecule has 0 bridgehead atoms. The third-order valence-electron chi connectivity index (χ3n) is 4.07. The third-order valence-corrected chi connectivity index (χ3v) is 4.29. The Morgan fingerprint density at radius 2 is 2.25 bits per heavy atom. The Hall–Kier alpha value is -0.880. The fraction of sp³-hybridized carbons (Fsp3) is 0.588. The summed E-state index contributed by atoms with van der Waals surface area (Å²) >= 11 is 6.20. The van der Waals surface area contributed by atoms with E-state index in [-0.39, 0.29) is 36.8 Å². The van der Waals surface area contributed by atoms with Crippen molar-refractivity contribution in [2.45, 2.75) is 44.2 Å². The largest absolute Gasteiger partial charge is 0.466 e. The van der Waals surface area contributed by atoms with Gasteiger partial charge >= 0.3 is 5.97 Å². The molecule has 1 aliphatic heterocycles. The predicted molar refractivity (Wildman–Crippen MR) is 94.6 cm³/mol. The van der Waals surface area contributed by atoms with Crippen LogP contribution in [0.2, 0.25) is 5.02 Å². The first kappa shape index (κ1) is 21.2. The number of alkyl halides is 1. The van der Waals surface area contributed by atoms with E-state index >= 15 is 0 Å². The summed E-state index contributed by atoms with van der Waals surface area (Å²) in [6.07, 6.45) is 1.20. The first-order valence-electron chi connectivity index (χ1n) is 7.92. The van der Waals surface area contributed by atoms with Crippen molar-refractivity contribution in [3.05, 3.63) is 34.3 Å². The van der Waals surface area contributed by atoms with Gasteiger partial charge in [-0.25, -0.2) is 4.39 Å². The summed E-state index contributed by atoms with van der Waals surface area (Å²) in [7, 11) is 0. The highest BCUT2D eigenvalue weighted by atomic mass is 35.5. The van der Waals surface area contributed by atoms with E-state index in [0.717, 1.165) is 17.5 Å². The Kier molecular flexibility index (Phi) is 8.98. The summed E-state index contributed by atoms with van der Waals surface area (Å²) in [4.78, 5) is 11.6. The van der Waals surface area contributed by atoms with Crippen LogP contribution in [0.3, 0.4) is 0 Å². The van der Waals surface area contributed by atoms with Crippen molar-refractivity contribution in [2.24, 2.45) is 5.73 Å². The summed E-state index contributed by atoms with van der Waals surface area (Å²) in [5, 5.41) is 0.570. The Balaban J connectivity index is 0.00000288.